The number of nitrogens with zero attached hydrogens (tertiary/aromatic N) is 2. The summed E-state index contributed by atoms with van der Waals surface area (Å²) in [7, 11) is 0. The van der Waals surface area contributed by atoms with Crippen molar-refractivity contribution in [1.82, 2.24) is 15.5 Å². The smallest absolute Gasteiger partial charge is 0.253 e. The molecule has 1 atom stereocenters. The van der Waals surface area contributed by atoms with Gasteiger partial charge in [-0.25, -0.2) is 4.99 Å². The lowest BCUT2D eigenvalue weighted by Crippen LogP contribution is -2.40. The number of carbonyl (C=O) groups excluding carboxylic acids is 1. The number of rotatable bonds is 10. The van der Waals surface area contributed by atoms with Crippen molar-refractivity contribution in [3.8, 4) is 0 Å². The number of thioether (sulfide) groups is 1. The van der Waals surface area contributed by atoms with E-state index in [4.69, 9.17) is 4.99 Å². The Bertz CT molecular complexity index is 789. The van der Waals surface area contributed by atoms with Crippen LogP contribution in [0.1, 0.15) is 43.6 Å². The number of hydrogen-bond donors (Lipinski definition) is 2. The van der Waals surface area contributed by atoms with Gasteiger partial charge in [-0.15, -0.1) is 11.8 Å². The minimum Gasteiger partial charge on any atom is -0.357 e. The van der Waals surface area contributed by atoms with Crippen LogP contribution in [0.3, 0.4) is 0 Å². The van der Waals surface area contributed by atoms with Gasteiger partial charge in [-0.3, -0.25) is 4.79 Å². The van der Waals surface area contributed by atoms with E-state index in [2.05, 4.69) is 48.7 Å². The van der Waals surface area contributed by atoms with Crippen LogP contribution in [0.2, 0.25) is 0 Å². The van der Waals surface area contributed by atoms with Gasteiger partial charge in [0.15, 0.2) is 5.96 Å². The average molecular weight is 427 g/mol. The highest BCUT2D eigenvalue weighted by molar-refractivity contribution is 8.00. The van der Waals surface area contributed by atoms with Crippen molar-refractivity contribution in [3.05, 3.63) is 65.7 Å². The highest BCUT2D eigenvalue weighted by Gasteiger charge is 2.12. The Morgan fingerprint density at radius 1 is 1.00 bits per heavy atom. The van der Waals surface area contributed by atoms with Crippen LogP contribution in [-0.4, -0.2) is 48.2 Å². The van der Waals surface area contributed by atoms with Crippen molar-refractivity contribution >= 4 is 23.6 Å². The summed E-state index contributed by atoms with van der Waals surface area (Å²) in [6.07, 6.45) is 0. The molecule has 2 aromatic carbocycles. The third-order valence-corrected chi connectivity index (χ3v) is 5.77. The van der Waals surface area contributed by atoms with Crippen LogP contribution >= 0.6 is 11.8 Å². The molecule has 0 spiro atoms. The Hall–Kier alpha value is -2.47. The molecular formula is C24H34N4OS. The lowest BCUT2D eigenvalue weighted by molar-refractivity contribution is 0.0773. The normalized spacial score (nSPS) is 12.3. The van der Waals surface area contributed by atoms with Gasteiger partial charge in [-0.1, -0.05) is 37.3 Å². The van der Waals surface area contributed by atoms with Gasteiger partial charge in [0.05, 0.1) is 6.54 Å². The monoisotopic (exact) mass is 426 g/mol. The van der Waals surface area contributed by atoms with E-state index in [0.717, 1.165) is 43.3 Å². The molecule has 2 N–H and O–H groups in total. The minimum atomic E-state index is 0.0787. The summed E-state index contributed by atoms with van der Waals surface area (Å²) in [4.78, 5) is 20.2. The largest absolute Gasteiger partial charge is 0.357 e. The predicted octanol–water partition coefficient (Wildman–Crippen LogP) is 4.40. The standard InChI is InChI=1S/C24H34N4OS/c1-5-25-24(26-17-19(4)30-22-11-9-8-10-12-22)27-18-20-13-15-21(16-14-20)23(29)28(6-2)7-3/h8-16,19H,5-7,17-18H2,1-4H3,(H2,25,26,27). The van der Waals surface area contributed by atoms with Gasteiger partial charge in [0.2, 0.25) is 0 Å². The zero-order chi connectivity index (χ0) is 21.8. The Morgan fingerprint density at radius 2 is 1.67 bits per heavy atom. The van der Waals surface area contributed by atoms with Crippen molar-refractivity contribution < 1.29 is 4.79 Å². The molecule has 2 aromatic rings. The first-order valence-electron chi connectivity index (χ1n) is 10.7. The fourth-order valence-electron chi connectivity index (χ4n) is 2.97. The zero-order valence-corrected chi connectivity index (χ0v) is 19.3. The van der Waals surface area contributed by atoms with E-state index < -0.39 is 0 Å². The second kappa shape index (κ2) is 13.0. The van der Waals surface area contributed by atoms with Crippen LogP contribution in [0.25, 0.3) is 0 Å². The summed E-state index contributed by atoms with van der Waals surface area (Å²) in [6.45, 7) is 11.9. The fourth-order valence-corrected chi connectivity index (χ4v) is 3.92. The molecule has 6 heteroatoms. The zero-order valence-electron chi connectivity index (χ0n) is 18.5. The number of amides is 1. The Balaban J connectivity index is 1.91. The van der Waals surface area contributed by atoms with Crippen molar-refractivity contribution in [3.63, 3.8) is 0 Å². The van der Waals surface area contributed by atoms with Crippen LogP contribution in [0.15, 0.2) is 64.5 Å². The van der Waals surface area contributed by atoms with Crippen LogP contribution < -0.4 is 10.6 Å². The number of guanidine groups is 1. The number of hydrogen-bond acceptors (Lipinski definition) is 3. The van der Waals surface area contributed by atoms with Gasteiger partial charge in [0.1, 0.15) is 0 Å². The number of carbonyl (C=O) groups is 1. The Morgan fingerprint density at radius 3 is 2.27 bits per heavy atom. The molecular weight excluding hydrogens is 392 g/mol. The van der Waals surface area contributed by atoms with Crippen molar-refractivity contribution in [2.45, 2.75) is 44.4 Å². The van der Waals surface area contributed by atoms with Gasteiger partial charge in [-0.2, -0.15) is 0 Å². The predicted molar refractivity (Wildman–Crippen MR) is 128 cm³/mol. The summed E-state index contributed by atoms with van der Waals surface area (Å²) >= 11 is 1.85. The molecule has 30 heavy (non-hydrogen) atoms. The molecule has 0 aliphatic heterocycles. The maximum atomic E-state index is 12.4. The van der Waals surface area contributed by atoms with Crippen LogP contribution in [0.5, 0.6) is 0 Å². The lowest BCUT2D eigenvalue weighted by atomic mass is 10.1. The van der Waals surface area contributed by atoms with Gasteiger partial charge in [0.25, 0.3) is 5.91 Å². The summed E-state index contributed by atoms with van der Waals surface area (Å²) < 4.78 is 0. The van der Waals surface area contributed by atoms with E-state index in [-0.39, 0.29) is 5.91 Å². The van der Waals surface area contributed by atoms with Crippen LogP contribution in [-0.2, 0) is 6.54 Å². The molecule has 1 amide bonds. The highest BCUT2D eigenvalue weighted by atomic mass is 32.2. The molecule has 0 aliphatic rings. The Labute approximate surface area is 185 Å². The molecule has 5 nitrogen and oxygen atoms in total. The average Bonchev–Trinajstić information content (AvgIpc) is 2.77. The van der Waals surface area contributed by atoms with Gasteiger partial charge in [-0.05, 0) is 50.6 Å². The summed E-state index contributed by atoms with van der Waals surface area (Å²) in [5.74, 6) is 0.885. The first-order valence-corrected chi connectivity index (χ1v) is 11.6. The number of aliphatic imine (C=N–C) groups is 1. The van der Waals surface area contributed by atoms with Gasteiger partial charge >= 0.3 is 0 Å². The van der Waals surface area contributed by atoms with E-state index in [9.17, 15) is 4.79 Å². The molecule has 0 heterocycles. The van der Waals surface area contributed by atoms with Crippen molar-refractivity contribution in [1.29, 1.82) is 0 Å². The third-order valence-electron chi connectivity index (χ3n) is 4.65. The first-order chi connectivity index (χ1) is 14.6. The fraction of sp³-hybridized carbons (Fsp3) is 0.417. The van der Waals surface area contributed by atoms with Crippen LogP contribution in [0, 0.1) is 0 Å². The van der Waals surface area contributed by atoms with Crippen molar-refractivity contribution in [2.75, 3.05) is 26.2 Å². The topological polar surface area (TPSA) is 56.7 Å². The molecule has 0 aliphatic carbocycles. The molecule has 162 valence electrons. The maximum absolute atomic E-state index is 12.4. The highest BCUT2D eigenvalue weighted by Crippen LogP contribution is 2.21. The third kappa shape index (κ3) is 7.75. The summed E-state index contributed by atoms with van der Waals surface area (Å²) in [5.41, 5.74) is 1.80. The molecule has 1 unspecified atom stereocenters. The van der Waals surface area contributed by atoms with E-state index in [1.807, 2.05) is 60.8 Å². The number of benzene rings is 2. The van der Waals surface area contributed by atoms with Crippen LogP contribution in [0.4, 0.5) is 0 Å². The molecule has 0 aromatic heterocycles. The van der Waals surface area contributed by atoms with Crippen molar-refractivity contribution in [2.24, 2.45) is 4.99 Å². The van der Waals surface area contributed by atoms with E-state index >= 15 is 0 Å². The molecule has 0 radical (unpaired) electrons. The molecule has 0 fully saturated rings. The second-order valence-electron chi connectivity index (χ2n) is 6.99. The maximum Gasteiger partial charge on any atom is 0.253 e. The quantitative estimate of drug-likeness (QED) is 0.336. The lowest BCUT2D eigenvalue weighted by Gasteiger charge is -2.18. The first kappa shape index (κ1) is 23.8. The molecule has 0 saturated heterocycles. The SMILES string of the molecule is CCNC(=NCc1ccc(C(=O)N(CC)CC)cc1)NCC(C)Sc1ccccc1. The molecule has 0 saturated carbocycles. The van der Waals surface area contributed by atoms with Gasteiger partial charge < -0.3 is 15.5 Å². The summed E-state index contributed by atoms with van der Waals surface area (Å²) in [5, 5.41) is 7.15. The van der Waals surface area contributed by atoms with E-state index in [1.165, 1.54) is 4.90 Å². The Kier molecular flexibility index (Phi) is 10.3. The van der Waals surface area contributed by atoms with E-state index in [0.29, 0.717) is 11.8 Å². The number of nitrogens with one attached hydrogen (secondary N) is 2. The second-order valence-corrected chi connectivity index (χ2v) is 8.50. The van der Waals surface area contributed by atoms with E-state index in [1.54, 1.807) is 0 Å². The summed E-state index contributed by atoms with van der Waals surface area (Å²) in [6, 6.07) is 18.2. The molecule has 2 rings (SSSR count). The molecule has 0 bridgehead atoms. The minimum absolute atomic E-state index is 0.0787. The van der Waals surface area contributed by atoms with Gasteiger partial charge in [0, 0.05) is 41.9 Å².